The maximum absolute atomic E-state index is 13.0. The van der Waals surface area contributed by atoms with Crippen LogP contribution in [-0.2, 0) is 16.6 Å². The van der Waals surface area contributed by atoms with E-state index in [1.807, 2.05) is 6.92 Å². The molecule has 1 heterocycles. The molecule has 1 aliphatic rings. The first-order valence-electron chi connectivity index (χ1n) is 8.89. The average molecular weight is 389 g/mol. The SMILES string of the molecule is Cc1ccc(CN2CCCN(S(=O)(=O)c3ccccc3[N+](=O)[O-])CC2)cc1. The van der Waals surface area contributed by atoms with Crippen LogP contribution >= 0.6 is 0 Å². The monoisotopic (exact) mass is 389 g/mol. The summed E-state index contributed by atoms with van der Waals surface area (Å²) in [5, 5.41) is 11.2. The Morgan fingerprint density at radius 1 is 1.00 bits per heavy atom. The highest BCUT2D eigenvalue weighted by atomic mass is 32.2. The van der Waals surface area contributed by atoms with Crippen LogP contribution in [0.1, 0.15) is 17.5 Å². The molecule has 0 radical (unpaired) electrons. The summed E-state index contributed by atoms with van der Waals surface area (Å²) in [5.74, 6) is 0. The molecular weight excluding hydrogens is 366 g/mol. The van der Waals surface area contributed by atoms with E-state index in [0.29, 0.717) is 26.1 Å². The summed E-state index contributed by atoms with van der Waals surface area (Å²) in [5.41, 5.74) is 2.02. The summed E-state index contributed by atoms with van der Waals surface area (Å²) < 4.78 is 27.3. The summed E-state index contributed by atoms with van der Waals surface area (Å²) >= 11 is 0. The van der Waals surface area contributed by atoms with Crippen LogP contribution in [0.15, 0.2) is 53.4 Å². The minimum atomic E-state index is -3.90. The van der Waals surface area contributed by atoms with Crippen molar-refractivity contribution in [1.29, 1.82) is 0 Å². The number of nitrogens with zero attached hydrogens (tertiary/aromatic N) is 3. The van der Waals surface area contributed by atoms with Crippen molar-refractivity contribution in [3.8, 4) is 0 Å². The Morgan fingerprint density at radius 3 is 2.41 bits per heavy atom. The first kappa shape index (κ1) is 19.5. The molecule has 0 saturated carbocycles. The van der Waals surface area contributed by atoms with Gasteiger partial charge >= 0.3 is 0 Å². The van der Waals surface area contributed by atoms with Crippen LogP contribution in [0.5, 0.6) is 0 Å². The minimum absolute atomic E-state index is 0.234. The molecule has 0 unspecified atom stereocenters. The van der Waals surface area contributed by atoms with Gasteiger partial charge in [0, 0.05) is 32.2 Å². The molecular formula is C19H23N3O4S. The number of nitro groups is 1. The molecule has 8 heteroatoms. The number of hydrogen-bond donors (Lipinski definition) is 0. The topological polar surface area (TPSA) is 83.8 Å². The van der Waals surface area contributed by atoms with Crippen molar-refractivity contribution in [2.75, 3.05) is 26.2 Å². The summed E-state index contributed by atoms with van der Waals surface area (Å²) in [6.45, 7) is 4.87. The van der Waals surface area contributed by atoms with Crippen molar-refractivity contribution >= 4 is 15.7 Å². The Labute approximate surface area is 159 Å². The zero-order valence-corrected chi connectivity index (χ0v) is 16.1. The summed E-state index contributed by atoms with van der Waals surface area (Å²) in [6.07, 6.45) is 0.686. The Hall–Kier alpha value is -2.29. The van der Waals surface area contributed by atoms with Gasteiger partial charge in [-0.05, 0) is 31.5 Å². The first-order chi connectivity index (χ1) is 12.9. The van der Waals surface area contributed by atoms with Gasteiger partial charge in [0.2, 0.25) is 10.0 Å². The molecule has 0 aromatic heterocycles. The van der Waals surface area contributed by atoms with Crippen LogP contribution in [0.2, 0.25) is 0 Å². The van der Waals surface area contributed by atoms with Crippen molar-refractivity contribution in [3.63, 3.8) is 0 Å². The van der Waals surface area contributed by atoms with Crippen molar-refractivity contribution in [1.82, 2.24) is 9.21 Å². The Kier molecular flexibility index (Phi) is 5.88. The number of aryl methyl sites for hydroxylation is 1. The molecule has 1 fully saturated rings. The number of para-hydroxylation sites is 1. The summed E-state index contributed by atoms with van der Waals surface area (Å²) in [6, 6.07) is 13.8. The molecule has 1 aliphatic heterocycles. The van der Waals surface area contributed by atoms with Gasteiger partial charge in [0.05, 0.1) is 4.92 Å². The smallest absolute Gasteiger partial charge is 0.289 e. The van der Waals surface area contributed by atoms with E-state index in [1.54, 1.807) is 0 Å². The first-order valence-corrected chi connectivity index (χ1v) is 10.3. The van der Waals surface area contributed by atoms with E-state index in [1.165, 1.54) is 39.7 Å². The van der Waals surface area contributed by atoms with Crippen molar-refractivity contribution in [2.45, 2.75) is 24.8 Å². The van der Waals surface area contributed by atoms with E-state index in [0.717, 1.165) is 13.1 Å². The third-order valence-electron chi connectivity index (χ3n) is 4.75. The number of nitro benzene ring substituents is 1. The number of hydrogen-bond acceptors (Lipinski definition) is 5. The van der Waals surface area contributed by atoms with E-state index >= 15 is 0 Å². The molecule has 144 valence electrons. The van der Waals surface area contributed by atoms with Gasteiger partial charge in [-0.3, -0.25) is 15.0 Å². The molecule has 2 aromatic rings. The molecule has 7 nitrogen and oxygen atoms in total. The second-order valence-corrected chi connectivity index (χ2v) is 8.65. The van der Waals surface area contributed by atoms with Gasteiger partial charge in [0.1, 0.15) is 0 Å². The number of benzene rings is 2. The summed E-state index contributed by atoms with van der Waals surface area (Å²) in [7, 11) is -3.90. The standard InChI is InChI=1S/C19H23N3O4S/c1-16-7-9-17(10-8-16)15-20-11-4-12-21(14-13-20)27(25,26)19-6-3-2-5-18(19)22(23)24/h2-3,5-10H,4,11-15H2,1H3. The molecule has 27 heavy (non-hydrogen) atoms. The van der Waals surface area contributed by atoms with Gasteiger partial charge in [0.25, 0.3) is 5.69 Å². The average Bonchev–Trinajstić information content (AvgIpc) is 2.90. The molecule has 2 aromatic carbocycles. The third kappa shape index (κ3) is 4.52. The van der Waals surface area contributed by atoms with E-state index in [-0.39, 0.29) is 10.6 Å². The van der Waals surface area contributed by atoms with Crippen LogP contribution in [0.4, 0.5) is 5.69 Å². The lowest BCUT2D eigenvalue weighted by atomic mass is 10.1. The fourth-order valence-corrected chi connectivity index (χ4v) is 4.89. The van der Waals surface area contributed by atoms with Crippen LogP contribution in [0.25, 0.3) is 0 Å². The van der Waals surface area contributed by atoms with Gasteiger partial charge in [-0.2, -0.15) is 4.31 Å². The zero-order valence-electron chi connectivity index (χ0n) is 15.2. The van der Waals surface area contributed by atoms with E-state index in [2.05, 4.69) is 29.2 Å². The van der Waals surface area contributed by atoms with E-state index < -0.39 is 14.9 Å². The molecule has 3 rings (SSSR count). The predicted molar refractivity (Wildman–Crippen MR) is 103 cm³/mol. The van der Waals surface area contributed by atoms with Gasteiger partial charge in [-0.25, -0.2) is 8.42 Å². The van der Waals surface area contributed by atoms with E-state index in [4.69, 9.17) is 0 Å². The highest BCUT2D eigenvalue weighted by molar-refractivity contribution is 7.89. The molecule has 0 spiro atoms. The lowest BCUT2D eigenvalue weighted by Crippen LogP contribution is -2.35. The molecule has 1 saturated heterocycles. The van der Waals surface area contributed by atoms with Crippen molar-refractivity contribution in [3.05, 3.63) is 69.8 Å². The van der Waals surface area contributed by atoms with Gasteiger partial charge in [0.15, 0.2) is 4.90 Å². The number of sulfonamides is 1. The fourth-order valence-electron chi connectivity index (χ4n) is 3.26. The highest BCUT2D eigenvalue weighted by Gasteiger charge is 2.32. The maximum atomic E-state index is 13.0. The maximum Gasteiger partial charge on any atom is 0.289 e. The quantitative estimate of drug-likeness (QED) is 0.580. The van der Waals surface area contributed by atoms with Crippen LogP contribution in [0, 0.1) is 17.0 Å². The van der Waals surface area contributed by atoms with Crippen molar-refractivity contribution < 1.29 is 13.3 Å². The highest BCUT2D eigenvalue weighted by Crippen LogP contribution is 2.27. The largest absolute Gasteiger partial charge is 0.298 e. The van der Waals surface area contributed by atoms with Gasteiger partial charge in [-0.15, -0.1) is 0 Å². The second kappa shape index (κ2) is 8.16. The lowest BCUT2D eigenvalue weighted by Gasteiger charge is -2.21. The molecule has 0 aliphatic carbocycles. The predicted octanol–water partition coefficient (Wildman–Crippen LogP) is 2.80. The molecule has 0 atom stereocenters. The van der Waals surface area contributed by atoms with Crippen LogP contribution < -0.4 is 0 Å². The number of rotatable bonds is 5. The fraction of sp³-hybridized carbons (Fsp3) is 0.368. The molecule has 0 bridgehead atoms. The Morgan fingerprint density at radius 2 is 1.70 bits per heavy atom. The second-order valence-electron chi connectivity index (χ2n) is 6.74. The summed E-state index contributed by atoms with van der Waals surface area (Å²) in [4.78, 5) is 12.6. The Bertz CT molecular complexity index is 913. The van der Waals surface area contributed by atoms with Crippen LogP contribution in [0.3, 0.4) is 0 Å². The third-order valence-corrected chi connectivity index (χ3v) is 6.70. The molecule has 0 N–H and O–H groups in total. The lowest BCUT2D eigenvalue weighted by molar-refractivity contribution is -0.387. The molecule has 0 amide bonds. The van der Waals surface area contributed by atoms with Gasteiger partial charge < -0.3 is 0 Å². The Balaban J connectivity index is 1.73. The van der Waals surface area contributed by atoms with E-state index in [9.17, 15) is 18.5 Å². The normalized spacial score (nSPS) is 16.8. The van der Waals surface area contributed by atoms with Gasteiger partial charge in [-0.1, -0.05) is 42.0 Å². The minimum Gasteiger partial charge on any atom is -0.298 e. The van der Waals surface area contributed by atoms with Crippen molar-refractivity contribution in [2.24, 2.45) is 0 Å². The van der Waals surface area contributed by atoms with Crippen LogP contribution in [-0.4, -0.2) is 48.7 Å². The zero-order chi connectivity index (χ0) is 19.4.